The smallest absolute Gasteiger partial charge is 0.545 e. The molecule has 21 heavy (non-hydrogen) atoms. The molecule has 0 aliphatic heterocycles. The second-order valence-electron chi connectivity index (χ2n) is 4.31. The summed E-state index contributed by atoms with van der Waals surface area (Å²) in [6.07, 6.45) is 0. The van der Waals surface area contributed by atoms with Crippen molar-refractivity contribution in [1.82, 2.24) is 0 Å². The van der Waals surface area contributed by atoms with Crippen LogP contribution in [0.2, 0.25) is 0 Å². The molecule has 2 aromatic rings. The van der Waals surface area contributed by atoms with E-state index in [9.17, 15) is 19.8 Å². The second kappa shape index (κ2) is 9.18. The number of aryl methyl sites for hydroxylation is 2. The van der Waals surface area contributed by atoms with Crippen molar-refractivity contribution in [3.63, 3.8) is 0 Å². The van der Waals surface area contributed by atoms with Gasteiger partial charge in [-0.3, -0.25) is 0 Å². The van der Waals surface area contributed by atoms with E-state index < -0.39 is 11.9 Å². The van der Waals surface area contributed by atoms with E-state index in [4.69, 9.17) is 0 Å². The molecule has 0 unspecified atom stereocenters. The number of carbonyl (C=O) groups is 2. The van der Waals surface area contributed by atoms with Crippen LogP contribution in [0, 0.1) is 13.8 Å². The summed E-state index contributed by atoms with van der Waals surface area (Å²) >= 11 is 0. The monoisotopic (exact) mass is 390 g/mol. The first-order valence-corrected chi connectivity index (χ1v) is 5.96. The van der Waals surface area contributed by atoms with Gasteiger partial charge in [-0.05, 0) is 25.0 Å². The molecule has 0 bridgehead atoms. The molecule has 0 saturated heterocycles. The van der Waals surface area contributed by atoms with Crippen molar-refractivity contribution in [2.45, 2.75) is 13.8 Å². The summed E-state index contributed by atoms with van der Waals surface area (Å²) in [5, 5.41) is 20.5. The van der Waals surface area contributed by atoms with Gasteiger partial charge in [0, 0.05) is 0 Å². The second-order valence-corrected chi connectivity index (χ2v) is 4.31. The SMILES string of the molecule is Cc1cccc(C(=O)[O-])c1.Cc1cccc(C(=O)[O-])c1.[Sn+2]. The molecule has 2 rings (SSSR count). The summed E-state index contributed by atoms with van der Waals surface area (Å²) < 4.78 is 0. The average molecular weight is 389 g/mol. The van der Waals surface area contributed by atoms with Crippen LogP contribution >= 0.6 is 0 Å². The van der Waals surface area contributed by atoms with Crippen molar-refractivity contribution < 1.29 is 19.8 Å². The van der Waals surface area contributed by atoms with Crippen LogP contribution in [0.4, 0.5) is 0 Å². The van der Waals surface area contributed by atoms with Gasteiger partial charge in [-0.1, -0.05) is 59.7 Å². The van der Waals surface area contributed by atoms with Gasteiger partial charge in [0.05, 0.1) is 11.9 Å². The molecule has 0 N–H and O–H groups in total. The Kier molecular flexibility index (Phi) is 8.38. The number of rotatable bonds is 2. The maximum absolute atomic E-state index is 10.2. The number of benzene rings is 2. The summed E-state index contributed by atoms with van der Waals surface area (Å²) in [5.74, 6) is -2.24. The molecule has 0 aliphatic rings. The van der Waals surface area contributed by atoms with Crippen molar-refractivity contribution in [3.8, 4) is 0 Å². The number of carbonyl (C=O) groups excluding carboxylic acids is 2. The van der Waals surface area contributed by atoms with Gasteiger partial charge in [0.25, 0.3) is 0 Å². The Labute approximate surface area is 140 Å². The van der Waals surface area contributed by atoms with Crippen molar-refractivity contribution in [3.05, 3.63) is 70.8 Å². The summed E-state index contributed by atoms with van der Waals surface area (Å²) in [5.41, 5.74) is 2.34. The molecule has 5 heteroatoms. The predicted octanol–water partition coefficient (Wildman–Crippen LogP) is 0.336. The van der Waals surface area contributed by atoms with Crippen LogP contribution in [0.3, 0.4) is 0 Å². The van der Waals surface area contributed by atoms with E-state index >= 15 is 0 Å². The first-order valence-electron chi connectivity index (χ1n) is 5.96. The molecule has 0 saturated carbocycles. The van der Waals surface area contributed by atoms with Crippen molar-refractivity contribution >= 4 is 35.8 Å². The maximum Gasteiger partial charge on any atom is 2.00 e. The van der Waals surface area contributed by atoms with Gasteiger partial charge in [-0.15, -0.1) is 0 Å². The molecule has 0 atom stereocenters. The summed E-state index contributed by atoms with van der Waals surface area (Å²) in [4.78, 5) is 20.5. The number of aromatic carboxylic acids is 2. The minimum atomic E-state index is -1.12. The van der Waals surface area contributed by atoms with Crippen LogP contribution in [0.1, 0.15) is 31.8 Å². The predicted molar refractivity (Wildman–Crippen MR) is 76.8 cm³/mol. The average Bonchev–Trinajstić information content (AvgIpc) is 2.39. The van der Waals surface area contributed by atoms with Crippen LogP contribution < -0.4 is 10.2 Å². The molecule has 0 fully saturated rings. The Bertz CT molecular complexity index is 568. The number of hydrogen-bond acceptors (Lipinski definition) is 4. The first kappa shape index (κ1) is 19.2. The minimum absolute atomic E-state index is 0. The number of hydrogen-bond donors (Lipinski definition) is 0. The maximum atomic E-state index is 10.2. The Morgan fingerprint density at radius 1 is 0.762 bits per heavy atom. The van der Waals surface area contributed by atoms with Crippen molar-refractivity contribution in [1.29, 1.82) is 0 Å². The zero-order valence-electron chi connectivity index (χ0n) is 11.8. The van der Waals surface area contributed by atoms with E-state index in [2.05, 4.69) is 0 Å². The fourth-order valence-electron chi connectivity index (χ4n) is 1.54. The first-order chi connectivity index (χ1) is 9.40. The topological polar surface area (TPSA) is 80.3 Å². The summed E-state index contributed by atoms with van der Waals surface area (Å²) in [6, 6.07) is 13.3. The third-order valence-corrected chi connectivity index (χ3v) is 2.51. The van der Waals surface area contributed by atoms with Crippen LogP contribution in [-0.4, -0.2) is 35.8 Å². The minimum Gasteiger partial charge on any atom is -0.545 e. The molecule has 0 aromatic heterocycles. The summed E-state index contributed by atoms with van der Waals surface area (Å²) in [7, 11) is 0. The van der Waals surface area contributed by atoms with Gasteiger partial charge in [0.1, 0.15) is 0 Å². The zero-order valence-corrected chi connectivity index (χ0v) is 14.6. The fourth-order valence-corrected chi connectivity index (χ4v) is 1.54. The van der Waals surface area contributed by atoms with E-state index in [1.54, 1.807) is 24.3 Å². The van der Waals surface area contributed by atoms with E-state index in [0.29, 0.717) is 0 Å². The Morgan fingerprint density at radius 3 is 1.29 bits per heavy atom. The van der Waals surface area contributed by atoms with Gasteiger partial charge in [0.2, 0.25) is 0 Å². The third-order valence-electron chi connectivity index (χ3n) is 2.51. The molecular weight excluding hydrogens is 375 g/mol. The molecule has 0 aliphatic carbocycles. The molecular formula is C16H14O4Sn. The van der Waals surface area contributed by atoms with Crippen LogP contribution in [0.5, 0.6) is 0 Å². The molecule has 4 nitrogen and oxygen atoms in total. The molecule has 0 heterocycles. The molecule has 2 radical (unpaired) electrons. The normalized spacial score (nSPS) is 8.86. The van der Waals surface area contributed by atoms with E-state index in [1.165, 1.54) is 12.1 Å². The van der Waals surface area contributed by atoms with Gasteiger partial charge in [0.15, 0.2) is 0 Å². The van der Waals surface area contributed by atoms with Crippen LogP contribution in [-0.2, 0) is 0 Å². The van der Waals surface area contributed by atoms with Crippen LogP contribution in [0.15, 0.2) is 48.5 Å². The fraction of sp³-hybridized carbons (Fsp3) is 0.125. The Morgan fingerprint density at radius 2 is 1.10 bits per heavy atom. The van der Waals surface area contributed by atoms with Gasteiger partial charge >= 0.3 is 23.9 Å². The van der Waals surface area contributed by atoms with E-state index in [1.807, 2.05) is 26.0 Å². The number of carboxylic acid groups (broad SMARTS) is 2. The van der Waals surface area contributed by atoms with Crippen molar-refractivity contribution in [2.24, 2.45) is 0 Å². The number of carboxylic acids is 2. The Hall–Kier alpha value is -1.82. The van der Waals surface area contributed by atoms with Gasteiger partial charge < -0.3 is 19.8 Å². The largest absolute Gasteiger partial charge is 2.00 e. The van der Waals surface area contributed by atoms with E-state index in [0.717, 1.165) is 11.1 Å². The molecule has 0 amide bonds. The summed E-state index contributed by atoms with van der Waals surface area (Å²) in [6.45, 7) is 3.68. The third kappa shape index (κ3) is 6.94. The Balaban J connectivity index is 0.000000364. The molecule has 106 valence electrons. The zero-order chi connectivity index (χ0) is 15.1. The van der Waals surface area contributed by atoms with Gasteiger partial charge in [-0.25, -0.2) is 0 Å². The van der Waals surface area contributed by atoms with Gasteiger partial charge in [-0.2, -0.15) is 0 Å². The van der Waals surface area contributed by atoms with E-state index in [-0.39, 0.29) is 35.0 Å². The molecule has 0 spiro atoms. The quantitative estimate of drug-likeness (QED) is 0.694. The van der Waals surface area contributed by atoms with Crippen LogP contribution in [0.25, 0.3) is 0 Å². The standard InChI is InChI=1S/2C8H8O2.Sn/c2*1-6-3-2-4-7(5-6)8(9)10;/h2*2-5H,1H3,(H,9,10);/q;;+2/p-2. The van der Waals surface area contributed by atoms with Crippen molar-refractivity contribution in [2.75, 3.05) is 0 Å². The molecule has 2 aromatic carbocycles.